The summed E-state index contributed by atoms with van der Waals surface area (Å²) in [6.45, 7) is 2.90. The van der Waals surface area contributed by atoms with Gasteiger partial charge < -0.3 is 29.8 Å². The molecule has 2 rings (SSSR count). The van der Waals surface area contributed by atoms with Gasteiger partial charge in [0.2, 0.25) is 0 Å². The monoisotopic (exact) mass is 412 g/mol. The van der Waals surface area contributed by atoms with Gasteiger partial charge in [0.25, 0.3) is 5.56 Å². The van der Waals surface area contributed by atoms with Crippen molar-refractivity contribution in [2.24, 2.45) is 0 Å². The SMILES string of the molecule is CCCC(O)O.Cc1cn([C@H]2C[C@H](O)[C@@H](COP(=O)(O)O)O2)c(=O)[nH]c1=O. The Morgan fingerprint density at radius 1 is 1.41 bits per heavy atom. The molecule has 1 aromatic heterocycles. The molecule has 0 aliphatic carbocycles. The zero-order chi connectivity index (χ0) is 20.8. The Labute approximate surface area is 154 Å². The van der Waals surface area contributed by atoms with E-state index < -0.39 is 50.4 Å². The van der Waals surface area contributed by atoms with Crippen LogP contribution in [-0.4, -0.2) is 59.8 Å². The molecule has 1 aliphatic heterocycles. The normalized spacial score (nSPS) is 22.6. The van der Waals surface area contributed by atoms with Crippen LogP contribution in [0.5, 0.6) is 0 Å². The Bertz CT molecular complexity index is 755. The van der Waals surface area contributed by atoms with Gasteiger partial charge in [0.1, 0.15) is 12.3 Å². The number of H-pyrrole nitrogens is 1. The fourth-order valence-corrected chi connectivity index (χ4v) is 2.61. The van der Waals surface area contributed by atoms with Crippen molar-refractivity contribution in [1.82, 2.24) is 9.55 Å². The molecule has 1 aliphatic rings. The Hall–Kier alpha value is -1.37. The van der Waals surface area contributed by atoms with Crippen LogP contribution in [0.3, 0.4) is 0 Å². The van der Waals surface area contributed by atoms with Crippen molar-refractivity contribution >= 4 is 7.82 Å². The number of aromatic amines is 1. The molecular weight excluding hydrogens is 387 g/mol. The molecule has 1 saturated heterocycles. The van der Waals surface area contributed by atoms with Gasteiger partial charge in [0.15, 0.2) is 6.29 Å². The summed E-state index contributed by atoms with van der Waals surface area (Å²) in [5, 5.41) is 26.0. The van der Waals surface area contributed by atoms with Gasteiger partial charge in [-0.3, -0.25) is 18.9 Å². The zero-order valence-corrected chi connectivity index (χ0v) is 15.8. The third-order valence-electron chi connectivity index (χ3n) is 3.61. The average Bonchev–Trinajstić information content (AvgIpc) is 2.89. The minimum absolute atomic E-state index is 0.0283. The predicted octanol–water partition coefficient (Wildman–Crippen LogP) is -1.30. The van der Waals surface area contributed by atoms with Crippen molar-refractivity contribution in [2.45, 2.75) is 57.8 Å². The molecule has 1 aromatic rings. The van der Waals surface area contributed by atoms with E-state index in [4.69, 9.17) is 24.7 Å². The van der Waals surface area contributed by atoms with E-state index in [1.807, 2.05) is 6.92 Å². The maximum Gasteiger partial charge on any atom is 0.469 e. The maximum absolute atomic E-state index is 11.7. The van der Waals surface area contributed by atoms with Crippen LogP contribution in [0.4, 0.5) is 0 Å². The molecule has 2 heterocycles. The van der Waals surface area contributed by atoms with Crippen LogP contribution in [0.2, 0.25) is 0 Å². The van der Waals surface area contributed by atoms with E-state index in [1.54, 1.807) is 0 Å². The van der Waals surface area contributed by atoms with Gasteiger partial charge >= 0.3 is 13.5 Å². The van der Waals surface area contributed by atoms with Crippen LogP contribution < -0.4 is 11.2 Å². The summed E-state index contributed by atoms with van der Waals surface area (Å²) in [5.41, 5.74) is -0.918. The third kappa shape index (κ3) is 8.03. The van der Waals surface area contributed by atoms with Crippen molar-refractivity contribution in [2.75, 3.05) is 6.61 Å². The predicted molar refractivity (Wildman–Crippen MR) is 91.7 cm³/mol. The van der Waals surface area contributed by atoms with Gasteiger partial charge in [-0.1, -0.05) is 13.3 Å². The highest BCUT2D eigenvalue weighted by Crippen LogP contribution is 2.38. The number of nitrogens with one attached hydrogen (secondary N) is 1. The lowest BCUT2D eigenvalue weighted by molar-refractivity contribution is -0.0454. The van der Waals surface area contributed by atoms with Crippen molar-refractivity contribution < 1.29 is 38.9 Å². The summed E-state index contributed by atoms with van der Waals surface area (Å²) >= 11 is 0. The van der Waals surface area contributed by atoms with E-state index >= 15 is 0 Å². The standard InChI is InChI=1S/C10H15N2O8P.C4H10O2/c1-5-3-12(10(15)11-9(5)14)8-2-6(13)7(20-8)4-19-21(16,17)18;1-2-3-4(5)6/h3,6-8,13H,2,4H2,1H3,(H,11,14,15)(H2,16,17,18);4-6H,2-3H2,1H3/t6-,7+,8+;/m0./s1. The molecule has 0 bridgehead atoms. The first-order chi connectivity index (χ1) is 12.4. The lowest BCUT2D eigenvalue weighted by atomic mass is 10.2. The number of ether oxygens (including phenoxy) is 1. The van der Waals surface area contributed by atoms with Gasteiger partial charge in [-0.25, -0.2) is 9.36 Å². The van der Waals surface area contributed by atoms with Crippen LogP contribution in [-0.2, 0) is 13.8 Å². The first-order valence-corrected chi connectivity index (χ1v) is 9.69. The van der Waals surface area contributed by atoms with E-state index in [0.717, 1.165) is 11.0 Å². The summed E-state index contributed by atoms with van der Waals surface area (Å²) in [5.74, 6) is 0. The lowest BCUT2D eigenvalue weighted by Crippen LogP contribution is -2.33. The van der Waals surface area contributed by atoms with Crippen LogP contribution in [0.15, 0.2) is 15.8 Å². The number of phosphoric acid groups is 1. The molecule has 0 aromatic carbocycles. The number of nitrogens with zero attached hydrogens (tertiary/aromatic N) is 1. The minimum Gasteiger partial charge on any atom is -0.390 e. The zero-order valence-electron chi connectivity index (χ0n) is 14.9. The highest BCUT2D eigenvalue weighted by molar-refractivity contribution is 7.46. The summed E-state index contributed by atoms with van der Waals surface area (Å²) in [6.07, 6.45) is -1.35. The number of aryl methyl sites for hydroxylation is 1. The fraction of sp³-hybridized carbons (Fsp3) is 0.714. The van der Waals surface area contributed by atoms with Gasteiger partial charge in [0.05, 0.1) is 12.7 Å². The van der Waals surface area contributed by atoms with Crippen molar-refractivity contribution in [3.8, 4) is 0 Å². The molecule has 27 heavy (non-hydrogen) atoms. The molecule has 1 fully saturated rings. The van der Waals surface area contributed by atoms with Crippen molar-refractivity contribution in [3.63, 3.8) is 0 Å². The average molecular weight is 412 g/mol. The van der Waals surface area contributed by atoms with Gasteiger partial charge in [-0.15, -0.1) is 0 Å². The minimum atomic E-state index is -4.67. The summed E-state index contributed by atoms with van der Waals surface area (Å²) < 4.78 is 21.4. The number of aliphatic hydroxyl groups is 3. The second-order valence-electron chi connectivity index (χ2n) is 5.97. The fourth-order valence-electron chi connectivity index (χ4n) is 2.26. The van der Waals surface area contributed by atoms with E-state index in [-0.39, 0.29) is 6.42 Å². The van der Waals surface area contributed by atoms with Crippen molar-refractivity contribution in [3.05, 3.63) is 32.6 Å². The second-order valence-corrected chi connectivity index (χ2v) is 7.21. The van der Waals surface area contributed by atoms with E-state index in [1.165, 1.54) is 13.1 Å². The number of rotatable bonds is 6. The largest absolute Gasteiger partial charge is 0.469 e. The number of hydrogen-bond donors (Lipinski definition) is 6. The first-order valence-electron chi connectivity index (χ1n) is 8.16. The molecule has 6 N–H and O–H groups in total. The molecule has 156 valence electrons. The highest BCUT2D eigenvalue weighted by Gasteiger charge is 2.37. The van der Waals surface area contributed by atoms with Crippen molar-refractivity contribution in [1.29, 1.82) is 0 Å². The molecule has 0 amide bonds. The summed E-state index contributed by atoms with van der Waals surface area (Å²) in [4.78, 5) is 42.3. The molecule has 0 unspecified atom stereocenters. The molecule has 13 heteroatoms. The van der Waals surface area contributed by atoms with Crippen LogP contribution in [0.25, 0.3) is 0 Å². The number of aliphatic hydroxyl groups excluding tert-OH is 2. The smallest absolute Gasteiger partial charge is 0.390 e. The molecule has 0 radical (unpaired) electrons. The molecule has 12 nitrogen and oxygen atoms in total. The first kappa shape index (κ1) is 23.7. The quantitative estimate of drug-likeness (QED) is 0.242. The Balaban J connectivity index is 0.000000527. The van der Waals surface area contributed by atoms with E-state index in [0.29, 0.717) is 12.0 Å². The molecule has 0 saturated carbocycles. The second kappa shape index (κ2) is 10.2. The van der Waals surface area contributed by atoms with E-state index in [9.17, 15) is 19.3 Å². The Morgan fingerprint density at radius 2 is 2.04 bits per heavy atom. The number of phosphoric ester groups is 1. The Morgan fingerprint density at radius 3 is 2.52 bits per heavy atom. The lowest BCUT2D eigenvalue weighted by Gasteiger charge is -2.16. The molecular formula is C14H25N2O10P. The van der Waals surface area contributed by atoms with Crippen LogP contribution >= 0.6 is 7.82 Å². The van der Waals surface area contributed by atoms with Crippen LogP contribution in [0.1, 0.15) is 38.0 Å². The number of hydrogen-bond acceptors (Lipinski definition) is 8. The van der Waals surface area contributed by atoms with Crippen LogP contribution in [0, 0.1) is 6.92 Å². The summed E-state index contributed by atoms with van der Waals surface area (Å²) in [7, 11) is -4.67. The van der Waals surface area contributed by atoms with E-state index in [2.05, 4.69) is 9.51 Å². The molecule has 3 atom stereocenters. The third-order valence-corrected chi connectivity index (χ3v) is 4.10. The number of aromatic nitrogens is 2. The van der Waals surface area contributed by atoms with Gasteiger partial charge in [0, 0.05) is 18.2 Å². The summed E-state index contributed by atoms with van der Waals surface area (Å²) in [6, 6.07) is 0. The van der Waals surface area contributed by atoms with Gasteiger partial charge in [-0.2, -0.15) is 0 Å². The highest BCUT2D eigenvalue weighted by atomic mass is 31.2. The van der Waals surface area contributed by atoms with Gasteiger partial charge in [-0.05, 0) is 13.3 Å². The topological polar surface area (TPSA) is 192 Å². The Kier molecular flexibility index (Phi) is 8.99. The molecule has 0 spiro atoms. The maximum atomic E-state index is 11.7.